The van der Waals surface area contributed by atoms with Gasteiger partial charge in [-0.1, -0.05) is 18.2 Å². The van der Waals surface area contributed by atoms with Crippen LogP contribution in [0.2, 0.25) is 0 Å². The summed E-state index contributed by atoms with van der Waals surface area (Å²) in [4.78, 5) is 47.8. The molecule has 3 rings (SSSR count). The van der Waals surface area contributed by atoms with Crippen molar-refractivity contribution in [2.75, 3.05) is 4.90 Å². The minimum Gasteiger partial charge on any atom is -0.478 e. The molecule has 2 aromatic carbocycles. The van der Waals surface area contributed by atoms with Crippen LogP contribution in [0.4, 0.5) is 11.4 Å². The van der Waals surface area contributed by atoms with Crippen LogP contribution in [-0.4, -0.2) is 33.1 Å². The fourth-order valence-corrected chi connectivity index (χ4v) is 3.79. The Balaban J connectivity index is 1.87. The molecule has 1 aliphatic rings. The monoisotopic (exact) mass is 372 g/mol. The molecular formula is C17H12N2O6S. The molecule has 132 valence electrons. The van der Waals surface area contributed by atoms with E-state index in [9.17, 15) is 29.6 Å². The highest BCUT2D eigenvalue weighted by Gasteiger charge is 2.41. The lowest BCUT2D eigenvalue weighted by Gasteiger charge is -2.15. The van der Waals surface area contributed by atoms with Gasteiger partial charge in [0.1, 0.15) is 0 Å². The fraction of sp³-hybridized carbons (Fsp3) is 0.118. The molecule has 2 aromatic rings. The van der Waals surface area contributed by atoms with Gasteiger partial charge in [-0.2, -0.15) is 0 Å². The summed E-state index contributed by atoms with van der Waals surface area (Å²) in [6.07, 6.45) is -0.111. The lowest BCUT2D eigenvalue weighted by atomic mass is 10.2. The standard InChI is InChI=1S/C17H12N2O6S/c20-15-9-14(26-13-7-2-1-6-12(13)17(22)23)16(21)18(15)10-4-3-5-11(8-10)19(24)25/h1-8,14H,9H2,(H,22,23)/t14-/m1/s1. The minimum absolute atomic E-state index is 0.0477. The van der Waals surface area contributed by atoms with Gasteiger partial charge in [-0.05, 0) is 18.2 Å². The molecule has 8 nitrogen and oxygen atoms in total. The number of nitro groups is 1. The molecule has 0 bridgehead atoms. The lowest BCUT2D eigenvalue weighted by Crippen LogP contribution is -2.31. The number of imide groups is 1. The number of carbonyl (C=O) groups is 3. The molecule has 26 heavy (non-hydrogen) atoms. The maximum Gasteiger partial charge on any atom is 0.336 e. The highest BCUT2D eigenvalue weighted by molar-refractivity contribution is 8.00. The molecule has 1 aliphatic heterocycles. The van der Waals surface area contributed by atoms with Gasteiger partial charge in [0.2, 0.25) is 11.8 Å². The Bertz CT molecular complexity index is 929. The molecule has 0 radical (unpaired) electrons. The quantitative estimate of drug-likeness (QED) is 0.487. The zero-order chi connectivity index (χ0) is 18.8. The molecule has 1 N–H and O–H groups in total. The van der Waals surface area contributed by atoms with Crippen molar-refractivity contribution in [3.05, 3.63) is 64.2 Å². The topological polar surface area (TPSA) is 118 Å². The zero-order valence-electron chi connectivity index (χ0n) is 13.2. The SMILES string of the molecule is O=C(O)c1ccccc1S[C@@H]1CC(=O)N(c2cccc([N+](=O)[O-])c2)C1=O. The summed E-state index contributed by atoms with van der Waals surface area (Å²) >= 11 is 1.00. The van der Waals surface area contributed by atoms with Crippen molar-refractivity contribution in [1.29, 1.82) is 0 Å². The van der Waals surface area contributed by atoms with Gasteiger partial charge in [0, 0.05) is 23.4 Å². The number of hydrogen-bond acceptors (Lipinski definition) is 6. The Morgan fingerprint density at radius 3 is 2.62 bits per heavy atom. The summed E-state index contributed by atoms with van der Waals surface area (Å²) in [6, 6.07) is 11.5. The summed E-state index contributed by atoms with van der Waals surface area (Å²) in [5.41, 5.74) is -0.0502. The highest BCUT2D eigenvalue weighted by atomic mass is 32.2. The van der Waals surface area contributed by atoms with Crippen molar-refractivity contribution in [1.82, 2.24) is 0 Å². The number of carboxylic acid groups (broad SMARTS) is 1. The first-order valence-corrected chi connectivity index (χ1v) is 8.36. The van der Waals surface area contributed by atoms with E-state index in [4.69, 9.17) is 0 Å². The number of aromatic carboxylic acids is 1. The molecule has 0 aromatic heterocycles. The van der Waals surface area contributed by atoms with Crippen LogP contribution in [-0.2, 0) is 9.59 Å². The molecule has 1 atom stereocenters. The van der Waals surface area contributed by atoms with Crippen molar-refractivity contribution in [2.24, 2.45) is 0 Å². The molecule has 0 unspecified atom stereocenters. The van der Waals surface area contributed by atoms with Crippen LogP contribution in [0, 0.1) is 10.1 Å². The largest absolute Gasteiger partial charge is 0.478 e. The Morgan fingerprint density at radius 1 is 1.19 bits per heavy atom. The first-order chi connectivity index (χ1) is 12.4. The van der Waals surface area contributed by atoms with Crippen molar-refractivity contribution in [3.8, 4) is 0 Å². The highest BCUT2D eigenvalue weighted by Crippen LogP contribution is 2.36. The summed E-state index contributed by atoms with van der Waals surface area (Å²) < 4.78 is 0. The number of carboxylic acids is 1. The summed E-state index contributed by atoms with van der Waals surface area (Å²) in [5.74, 6) is -2.14. The Morgan fingerprint density at radius 2 is 1.92 bits per heavy atom. The second kappa shape index (κ2) is 6.96. The van der Waals surface area contributed by atoms with Crippen LogP contribution in [0.5, 0.6) is 0 Å². The van der Waals surface area contributed by atoms with Crippen molar-refractivity contribution in [3.63, 3.8) is 0 Å². The van der Waals surface area contributed by atoms with Crippen LogP contribution in [0.3, 0.4) is 0 Å². The first kappa shape index (κ1) is 17.6. The summed E-state index contributed by atoms with van der Waals surface area (Å²) in [7, 11) is 0. The van der Waals surface area contributed by atoms with E-state index >= 15 is 0 Å². The number of thioether (sulfide) groups is 1. The third-order valence-corrected chi connectivity index (χ3v) is 5.05. The summed E-state index contributed by atoms with van der Waals surface area (Å²) in [5, 5.41) is 19.3. The zero-order valence-corrected chi connectivity index (χ0v) is 14.0. The van der Waals surface area contributed by atoms with Crippen molar-refractivity contribution in [2.45, 2.75) is 16.6 Å². The van der Waals surface area contributed by atoms with E-state index in [1.165, 1.54) is 24.3 Å². The van der Waals surface area contributed by atoms with E-state index < -0.39 is 28.0 Å². The second-order valence-electron chi connectivity index (χ2n) is 5.46. The van der Waals surface area contributed by atoms with E-state index in [1.54, 1.807) is 18.2 Å². The smallest absolute Gasteiger partial charge is 0.336 e. The minimum atomic E-state index is -1.12. The molecule has 0 spiro atoms. The van der Waals surface area contributed by atoms with E-state index in [1.807, 2.05) is 0 Å². The first-order valence-electron chi connectivity index (χ1n) is 7.48. The number of anilines is 1. The van der Waals surface area contributed by atoms with E-state index in [0.29, 0.717) is 4.90 Å². The molecule has 0 saturated carbocycles. The summed E-state index contributed by atoms with van der Waals surface area (Å²) in [6.45, 7) is 0. The maximum absolute atomic E-state index is 12.7. The number of non-ortho nitro benzene ring substituents is 1. The number of rotatable bonds is 5. The van der Waals surface area contributed by atoms with Crippen molar-refractivity contribution >= 4 is 40.9 Å². The molecule has 1 heterocycles. The third-order valence-electron chi connectivity index (χ3n) is 3.79. The predicted octanol–water partition coefficient (Wildman–Crippen LogP) is 2.72. The number of nitro benzene ring substituents is 1. The van der Waals surface area contributed by atoms with Gasteiger partial charge in [0.15, 0.2) is 0 Å². The van der Waals surface area contributed by atoms with E-state index in [2.05, 4.69) is 0 Å². The number of benzene rings is 2. The van der Waals surface area contributed by atoms with Gasteiger partial charge in [-0.25, -0.2) is 9.69 Å². The Hall–Kier alpha value is -3.20. The average molecular weight is 372 g/mol. The van der Waals surface area contributed by atoms with Gasteiger partial charge in [-0.3, -0.25) is 19.7 Å². The van der Waals surface area contributed by atoms with Gasteiger partial charge < -0.3 is 5.11 Å². The molecular weight excluding hydrogens is 360 g/mol. The molecule has 0 aliphatic carbocycles. The Labute approximate surface area is 151 Å². The van der Waals surface area contributed by atoms with Gasteiger partial charge >= 0.3 is 5.97 Å². The second-order valence-corrected chi connectivity index (χ2v) is 6.70. The van der Waals surface area contributed by atoms with Crippen LogP contribution in [0.25, 0.3) is 0 Å². The van der Waals surface area contributed by atoms with Crippen LogP contribution in [0.1, 0.15) is 16.8 Å². The predicted molar refractivity (Wildman–Crippen MR) is 93.3 cm³/mol. The molecule has 9 heteroatoms. The number of hydrogen-bond donors (Lipinski definition) is 1. The normalized spacial score (nSPS) is 16.8. The average Bonchev–Trinajstić information content (AvgIpc) is 2.89. The maximum atomic E-state index is 12.7. The van der Waals surface area contributed by atoms with E-state index in [-0.39, 0.29) is 23.4 Å². The van der Waals surface area contributed by atoms with E-state index in [0.717, 1.165) is 22.7 Å². The number of carbonyl (C=O) groups excluding carboxylic acids is 2. The third kappa shape index (κ3) is 3.29. The van der Waals surface area contributed by atoms with Crippen LogP contribution < -0.4 is 4.90 Å². The molecule has 1 fully saturated rings. The van der Waals surface area contributed by atoms with Gasteiger partial charge in [0.25, 0.3) is 5.69 Å². The lowest BCUT2D eigenvalue weighted by molar-refractivity contribution is -0.384. The fourth-order valence-electron chi connectivity index (χ4n) is 2.61. The van der Waals surface area contributed by atoms with Crippen molar-refractivity contribution < 1.29 is 24.4 Å². The number of amides is 2. The molecule has 1 saturated heterocycles. The number of nitrogens with zero attached hydrogens (tertiary/aromatic N) is 2. The van der Waals surface area contributed by atoms with Gasteiger partial charge in [-0.15, -0.1) is 11.8 Å². The van der Waals surface area contributed by atoms with Crippen LogP contribution >= 0.6 is 11.8 Å². The van der Waals surface area contributed by atoms with Gasteiger partial charge in [0.05, 0.1) is 21.4 Å². The van der Waals surface area contributed by atoms with Crippen LogP contribution in [0.15, 0.2) is 53.4 Å². The Kier molecular flexibility index (Phi) is 4.72. The molecule has 2 amide bonds.